The van der Waals surface area contributed by atoms with Gasteiger partial charge >= 0.3 is 0 Å². The number of hydrogen-bond donors (Lipinski definition) is 2. The maximum Gasteiger partial charge on any atom is 0.275 e. The van der Waals surface area contributed by atoms with Crippen LogP contribution in [-0.2, 0) is 11.3 Å². The fourth-order valence-corrected chi connectivity index (χ4v) is 2.98. The Morgan fingerprint density at radius 1 is 1.38 bits per heavy atom. The highest BCUT2D eigenvalue weighted by Crippen LogP contribution is 2.27. The number of nitrogens with one attached hydrogen (secondary N) is 1. The van der Waals surface area contributed by atoms with E-state index in [2.05, 4.69) is 15.0 Å². The number of aromatic nitrogens is 4. The van der Waals surface area contributed by atoms with E-state index in [0.717, 1.165) is 11.0 Å². The van der Waals surface area contributed by atoms with Gasteiger partial charge in [-0.25, -0.2) is 14.4 Å². The first-order chi connectivity index (χ1) is 12.6. The lowest BCUT2D eigenvalue weighted by Gasteiger charge is -2.04. The third kappa shape index (κ3) is 2.60. The highest BCUT2D eigenvalue weighted by atomic mass is 19.1. The number of benzene rings is 1. The van der Waals surface area contributed by atoms with Gasteiger partial charge < -0.3 is 20.0 Å². The topological polar surface area (TPSA) is 98.8 Å². The molecule has 0 saturated carbocycles. The number of ether oxygens (including phenoxy) is 1. The molecule has 8 heteroatoms. The van der Waals surface area contributed by atoms with Crippen LogP contribution in [0.2, 0.25) is 0 Å². The normalized spacial score (nSPS) is 11.5. The molecule has 7 nitrogen and oxygen atoms in total. The molecular weight excluding hydrogens is 337 g/mol. The highest BCUT2D eigenvalue weighted by molar-refractivity contribution is 5.94. The molecule has 0 aliphatic rings. The van der Waals surface area contributed by atoms with Gasteiger partial charge in [0.2, 0.25) is 0 Å². The van der Waals surface area contributed by atoms with Crippen molar-refractivity contribution in [2.75, 3.05) is 19.5 Å². The van der Waals surface area contributed by atoms with Gasteiger partial charge in [0.25, 0.3) is 5.56 Å². The van der Waals surface area contributed by atoms with E-state index < -0.39 is 5.82 Å². The molecule has 3 heterocycles. The van der Waals surface area contributed by atoms with E-state index in [4.69, 9.17) is 10.5 Å². The molecule has 0 unspecified atom stereocenters. The van der Waals surface area contributed by atoms with Crippen molar-refractivity contribution in [1.29, 1.82) is 0 Å². The van der Waals surface area contributed by atoms with Crippen LogP contribution in [0.5, 0.6) is 0 Å². The van der Waals surface area contributed by atoms with Gasteiger partial charge in [-0.2, -0.15) is 0 Å². The molecule has 1 aromatic carbocycles. The van der Waals surface area contributed by atoms with Crippen molar-refractivity contribution in [3.05, 3.63) is 52.8 Å². The van der Waals surface area contributed by atoms with Gasteiger partial charge in [0.05, 0.1) is 23.3 Å². The molecule has 3 aromatic heterocycles. The van der Waals surface area contributed by atoms with Gasteiger partial charge in [-0.05, 0) is 18.2 Å². The Labute approximate surface area is 147 Å². The van der Waals surface area contributed by atoms with Crippen LogP contribution in [0.1, 0.15) is 0 Å². The molecule has 0 atom stereocenters. The molecule has 3 N–H and O–H groups in total. The number of hydrogen-bond acceptors (Lipinski definition) is 5. The Bertz CT molecular complexity index is 1180. The van der Waals surface area contributed by atoms with Crippen LogP contribution in [0.25, 0.3) is 33.3 Å². The van der Waals surface area contributed by atoms with E-state index >= 15 is 0 Å². The quantitative estimate of drug-likeness (QED) is 0.549. The van der Waals surface area contributed by atoms with Gasteiger partial charge in [0.15, 0.2) is 0 Å². The second-order valence-corrected chi connectivity index (χ2v) is 5.91. The first kappa shape index (κ1) is 16.2. The minimum absolute atomic E-state index is 0.0388. The fraction of sp³-hybridized carbons (Fsp3) is 0.167. The molecule has 0 amide bonds. The zero-order chi connectivity index (χ0) is 18.3. The molecule has 0 saturated heterocycles. The lowest BCUT2D eigenvalue weighted by molar-refractivity contribution is 0.188. The Hall–Kier alpha value is -3.26. The van der Waals surface area contributed by atoms with Gasteiger partial charge in [-0.15, -0.1) is 0 Å². The van der Waals surface area contributed by atoms with E-state index in [1.165, 1.54) is 12.1 Å². The van der Waals surface area contributed by atoms with Gasteiger partial charge in [-0.3, -0.25) is 4.79 Å². The van der Waals surface area contributed by atoms with E-state index in [-0.39, 0.29) is 16.9 Å². The molecule has 0 spiro atoms. The molecule has 0 aliphatic heterocycles. The SMILES string of the molecule is COCCn1cc(-c2nc3cc(F)c(N)cc3[nH]c2=O)c2cccnc21. The van der Waals surface area contributed by atoms with Crippen molar-refractivity contribution in [1.82, 2.24) is 19.5 Å². The molecule has 132 valence electrons. The monoisotopic (exact) mass is 353 g/mol. The van der Waals surface area contributed by atoms with Crippen LogP contribution in [0.3, 0.4) is 0 Å². The van der Waals surface area contributed by atoms with E-state index in [1.807, 2.05) is 16.8 Å². The maximum atomic E-state index is 13.8. The van der Waals surface area contributed by atoms with Crippen LogP contribution in [0.15, 0.2) is 41.5 Å². The Morgan fingerprint density at radius 2 is 2.23 bits per heavy atom. The molecule has 26 heavy (non-hydrogen) atoms. The van der Waals surface area contributed by atoms with Crippen molar-refractivity contribution in [3.63, 3.8) is 0 Å². The van der Waals surface area contributed by atoms with Crippen molar-refractivity contribution in [2.45, 2.75) is 6.54 Å². The second-order valence-electron chi connectivity index (χ2n) is 5.91. The Balaban J connectivity index is 1.96. The van der Waals surface area contributed by atoms with Crippen LogP contribution < -0.4 is 11.3 Å². The summed E-state index contributed by atoms with van der Waals surface area (Å²) in [7, 11) is 1.62. The summed E-state index contributed by atoms with van der Waals surface area (Å²) in [5, 5.41) is 0.789. The van der Waals surface area contributed by atoms with Crippen LogP contribution in [0, 0.1) is 5.82 Å². The molecule has 0 radical (unpaired) electrons. The summed E-state index contributed by atoms with van der Waals surface area (Å²) in [6.45, 7) is 1.09. The van der Waals surface area contributed by atoms with Crippen LogP contribution in [-0.4, -0.2) is 33.2 Å². The van der Waals surface area contributed by atoms with E-state index in [9.17, 15) is 9.18 Å². The standard InChI is InChI=1S/C18H16FN5O2/c1-26-6-5-24-9-11(10-3-2-4-21-17(10)24)16-18(25)23-15-8-13(20)12(19)7-14(15)22-16/h2-4,7-9H,5-6,20H2,1H3,(H,23,25). The summed E-state index contributed by atoms with van der Waals surface area (Å²) >= 11 is 0. The Morgan fingerprint density at radius 3 is 3.04 bits per heavy atom. The van der Waals surface area contributed by atoms with Gasteiger partial charge in [-0.1, -0.05) is 0 Å². The number of nitrogens with two attached hydrogens (primary N) is 1. The number of anilines is 1. The van der Waals surface area contributed by atoms with Crippen LogP contribution >= 0.6 is 0 Å². The predicted molar refractivity (Wildman–Crippen MR) is 97.3 cm³/mol. The second kappa shape index (κ2) is 6.23. The molecule has 4 rings (SSSR count). The summed E-state index contributed by atoms with van der Waals surface area (Å²) in [5.74, 6) is -0.577. The molecular formula is C18H16FN5O2. The minimum atomic E-state index is -0.577. The molecule has 4 aromatic rings. The third-order valence-electron chi connectivity index (χ3n) is 4.24. The summed E-state index contributed by atoms with van der Waals surface area (Å²) < 4.78 is 20.8. The number of H-pyrrole nitrogens is 1. The maximum absolute atomic E-state index is 13.8. The minimum Gasteiger partial charge on any atom is -0.396 e. The lowest BCUT2D eigenvalue weighted by Crippen LogP contribution is -2.12. The van der Waals surface area contributed by atoms with Crippen molar-refractivity contribution >= 4 is 27.8 Å². The van der Waals surface area contributed by atoms with Crippen molar-refractivity contribution in [2.24, 2.45) is 0 Å². The number of halogens is 1. The highest BCUT2D eigenvalue weighted by Gasteiger charge is 2.16. The number of nitrogen functional groups attached to an aromatic ring is 1. The summed E-state index contributed by atoms with van der Waals surface area (Å²) in [6, 6.07) is 6.25. The zero-order valence-electron chi connectivity index (χ0n) is 14.0. The fourth-order valence-electron chi connectivity index (χ4n) is 2.98. The summed E-state index contributed by atoms with van der Waals surface area (Å²) in [4.78, 5) is 24.1. The number of rotatable bonds is 4. The summed E-state index contributed by atoms with van der Waals surface area (Å²) in [5.41, 5.74) is 7.42. The smallest absolute Gasteiger partial charge is 0.275 e. The first-order valence-electron chi connectivity index (χ1n) is 8.00. The molecule has 0 fully saturated rings. The zero-order valence-corrected chi connectivity index (χ0v) is 14.0. The van der Waals surface area contributed by atoms with Crippen LogP contribution in [0.4, 0.5) is 10.1 Å². The number of aromatic amines is 1. The average Bonchev–Trinajstić information content (AvgIpc) is 3.00. The van der Waals surface area contributed by atoms with Gasteiger partial charge in [0.1, 0.15) is 17.2 Å². The number of pyridine rings is 1. The van der Waals surface area contributed by atoms with Crippen molar-refractivity contribution in [3.8, 4) is 11.3 Å². The molecule has 0 aliphatic carbocycles. The number of methoxy groups -OCH3 is 1. The average molecular weight is 353 g/mol. The predicted octanol–water partition coefficient (Wildman–Crippen LogP) is 2.31. The summed E-state index contributed by atoms with van der Waals surface area (Å²) in [6.07, 6.45) is 3.50. The first-order valence-corrected chi connectivity index (χ1v) is 8.00. The number of nitrogens with zero attached hydrogens (tertiary/aromatic N) is 3. The largest absolute Gasteiger partial charge is 0.396 e. The van der Waals surface area contributed by atoms with Gasteiger partial charge in [0, 0.05) is 43.1 Å². The van der Waals surface area contributed by atoms with E-state index in [1.54, 1.807) is 19.4 Å². The third-order valence-corrected chi connectivity index (χ3v) is 4.24. The van der Waals surface area contributed by atoms with Crippen molar-refractivity contribution < 1.29 is 9.13 Å². The lowest BCUT2D eigenvalue weighted by atomic mass is 10.1. The number of fused-ring (bicyclic) bond motifs is 2. The molecule has 0 bridgehead atoms. The van der Waals surface area contributed by atoms with E-state index in [0.29, 0.717) is 29.7 Å². The Kier molecular flexibility index (Phi) is 3.89.